The number of anilines is 1. The molecule has 6 heteroatoms. The molecule has 1 amide bonds. The first-order valence-corrected chi connectivity index (χ1v) is 9.72. The Kier molecular flexibility index (Phi) is 6.91. The molecule has 1 aromatic heterocycles. The lowest BCUT2D eigenvalue weighted by Crippen LogP contribution is -2.27. The van der Waals surface area contributed by atoms with E-state index in [9.17, 15) is 4.79 Å². The molecule has 0 aliphatic rings. The number of hydrogen-bond acceptors (Lipinski definition) is 5. The summed E-state index contributed by atoms with van der Waals surface area (Å²) in [6.07, 6.45) is 0.956. The van der Waals surface area contributed by atoms with Crippen LogP contribution in [0, 0.1) is 0 Å². The van der Waals surface area contributed by atoms with E-state index in [0.29, 0.717) is 30.5 Å². The van der Waals surface area contributed by atoms with Crippen LogP contribution in [0.1, 0.15) is 31.9 Å². The van der Waals surface area contributed by atoms with Gasteiger partial charge < -0.3 is 14.2 Å². The van der Waals surface area contributed by atoms with Gasteiger partial charge in [0.1, 0.15) is 24.6 Å². The van der Waals surface area contributed by atoms with Crippen LogP contribution < -0.4 is 14.8 Å². The molecule has 0 fully saturated rings. The van der Waals surface area contributed by atoms with Gasteiger partial charge in [0.05, 0.1) is 6.20 Å². The van der Waals surface area contributed by atoms with Crippen LogP contribution in [0.25, 0.3) is 0 Å². The van der Waals surface area contributed by atoms with Gasteiger partial charge in [0.2, 0.25) is 0 Å². The van der Waals surface area contributed by atoms with E-state index in [0.717, 1.165) is 11.1 Å². The first-order valence-electron chi connectivity index (χ1n) is 9.72. The normalized spacial score (nSPS) is 10.9. The highest BCUT2D eigenvalue weighted by atomic mass is 16.6. The Hall–Kier alpha value is -3.54. The van der Waals surface area contributed by atoms with E-state index < -0.39 is 11.7 Å². The quantitative estimate of drug-likeness (QED) is 0.554. The van der Waals surface area contributed by atoms with Gasteiger partial charge in [-0.15, -0.1) is 0 Å². The van der Waals surface area contributed by atoms with E-state index in [1.54, 1.807) is 26.8 Å². The molecule has 2 aromatic carbocycles. The zero-order chi connectivity index (χ0) is 21.4. The van der Waals surface area contributed by atoms with E-state index >= 15 is 0 Å². The second-order valence-corrected chi connectivity index (χ2v) is 7.69. The molecule has 0 bridgehead atoms. The number of aromatic nitrogens is 1. The summed E-state index contributed by atoms with van der Waals surface area (Å²) in [5, 5.41) is 2.63. The number of ether oxygens (including phenoxy) is 3. The summed E-state index contributed by atoms with van der Waals surface area (Å²) < 4.78 is 17.2. The predicted molar refractivity (Wildman–Crippen MR) is 116 cm³/mol. The van der Waals surface area contributed by atoms with Gasteiger partial charge in [-0.25, -0.2) is 9.78 Å². The molecule has 30 heavy (non-hydrogen) atoms. The minimum absolute atomic E-state index is 0.319. The Balaban J connectivity index is 1.75. The van der Waals surface area contributed by atoms with Crippen LogP contribution in [0.5, 0.6) is 11.5 Å². The number of nitrogens with one attached hydrogen (secondary N) is 1. The maximum Gasteiger partial charge on any atom is 0.413 e. The molecule has 0 aliphatic heterocycles. The van der Waals surface area contributed by atoms with Crippen molar-refractivity contribution in [1.29, 1.82) is 0 Å². The Morgan fingerprint density at radius 2 is 1.40 bits per heavy atom. The fourth-order valence-corrected chi connectivity index (χ4v) is 2.59. The van der Waals surface area contributed by atoms with Gasteiger partial charge in [-0.3, -0.25) is 5.32 Å². The monoisotopic (exact) mass is 406 g/mol. The minimum Gasteiger partial charge on any atom is -0.485 e. The second kappa shape index (κ2) is 9.78. The molecule has 0 saturated heterocycles. The molecule has 0 atom stereocenters. The Morgan fingerprint density at radius 1 is 0.867 bits per heavy atom. The SMILES string of the molecule is CC(C)(C)OC(=O)Nc1cc(OCc2ccccc2)c(OCc2ccccc2)cn1. The molecule has 0 aliphatic carbocycles. The number of nitrogens with zero attached hydrogens (tertiary/aromatic N) is 1. The second-order valence-electron chi connectivity index (χ2n) is 7.69. The summed E-state index contributed by atoms with van der Waals surface area (Å²) in [7, 11) is 0. The zero-order valence-electron chi connectivity index (χ0n) is 17.4. The number of pyridine rings is 1. The van der Waals surface area contributed by atoms with Gasteiger partial charge >= 0.3 is 6.09 Å². The molecule has 3 aromatic rings. The van der Waals surface area contributed by atoms with E-state index in [4.69, 9.17) is 14.2 Å². The highest BCUT2D eigenvalue weighted by Gasteiger charge is 2.17. The third kappa shape index (κ3) is 6.81. The predicted octanol–water partition coefficient (Wildman–Crippen LogP) is 5.59. The molecular weight excluding hydrogens is 380 g/mol. The summed E-state index contributed by atoms with van der Waals surface area (Å²) in [6, 6.07) is 21.3. The molecule has 0 radical (unpaired) electrons. The summed E-state index contributed by atoms with van der Waals surface area (Å²) in [4.78, 5) is 16.3. The van der Waals surface area contributed by atoms with Crippen molar-refractivity contribution in [3.8, 4) is 11.5 Å². The average Bonchev–Trinajstić information content (AvgIpc) is 2.71. The van der Waals surface area contributed by atoms with Crippen LogP contribution in [0.3, 0.4) is 0 Å². The van der Waals surface area contributed by atoms with Crippen LogP contribution in [-0.4, -0.2) is 16.7 Å². The fraction of sp³-hybridized carbons (Fsp3) is 0.250. The van der Waals surface area contributed by atoms with E-state index in [-0.39, 0.29) is 0 Å². The van der Waals surface area contributed by atoms with Gasteiger partial charge in [0, 0.05) is 6.07 Å². The third-order valence-corrected chi connectivity index (χ3v) is 3.93. The van der Waals surface area contributed by atoms with Crippen molar-refractivity contribution in [3.63, 3.8) is 0 Å². The Morgan fingerprint density at radius 3 is 1.93 bits per heavy atom. The van der Waals surface area contributed by atoms with E-state index in [1.165, 1.54) is 6.20 Å². The molecule has 1 N–H and O–H groups in total. The lowest BCUT2D eigenvalue weighted by Gasteiger charge is -2.20. The minimum atomic E-state index is -0.602. The smallest absolute Gasteiger partial charge is 0.413 e. The van der Waals surface area contributed by atoms with Gasteiger partial charge in [0.25, 0.3) is 0 Å². The molecule has 6 nitrogen and oxygen atoms in total. The number of hydrogen-bond donors (Lipinski definition) is 1. The van der Waals surface area contributed by atoms with Crippen LogP contribution in [0.15, 0.2) is 72.9 Å². The van der Waals surface area contributed by atoms with Crippen molar-refractivity contribution in [1.82, 2.24) is 4.98 Å². The van der Waals surface area contributed by atoms with E-state index in [1.807, 2.05) is 60.7 Å². The molecule has 156 valence electrons. The highest BCUT2D eigenvalue weighted by molar-refractivity contribution is 5.84. The summed E-state index contributed by atoms with van der Waals surface area (Å²) in [5.41, 5.74) is 1.45. The van der Waals surface area contributed by atoms with Gasteiger partial charge in [-0.2, -0.15) is 0 Å². The molecule has 0 saturated carbocycles. The average molecular weight is 406 g/mol. The lowest BCUT2D eigenvalue weighted by atomic mass is 10.2. The maximum atomic E-state index is 12.1. The standard InChI is InChI=1S/C24H26N2O4/c1-24(2,3)30-23(27)26-22-14-20(28-16-18-10-6-4-7-11-18)21(15-25-22)29-17-19-12-8-5-9-13-19/h4-15H,16-17H2,1-3H3,(H,25,26,27). The summed E-state index contributed by atoms with van der Waals surface area (Å²) in [5.74, 6) is 1.29. The van der Waals surface area contributed by atoms with Crippen molar-refractivity contribution in [2.24, 2.45) is 0 Å². The summed E-state index contributed by atoms with van der Waals surface area (Å²) in [6.45, 7) is 6.14. The van der Waals surface area contributed by atoms with Crippen molar-refractivity contribution in [2.45, 2.75) is 39.6 Å². The van der Waals surface area contributed by atoms with Crippen LogP contribution in [0.4, 0.5) is 10.6 Å². The van der Waals surface area contributed by atoms with Crippen LogP contribution >= 0.6 is 0 Å². The van der Waals surface area contributed by atoms with Crippen molar-refractivity contribution in [2.75, 3.05) is 5.32 Å². The molecular formula is C24H26N2O4. The number of benzene rings is 2. The number of rotatable bonds is 7. The third-order valence-electron chi connectivity index (χ3n) is 3.93. The highest BCUT2D eigenvalue weighted by Crippen LogP contribution is 2.30. The first kappa shape index (κ1) is 21.2. The van der Waals surface area contributed by atoms with Crippen LogP contribution in [-0.2, 0) is 18.0 Å². The number of carbonyl (C=O) groups excluding carboxylic acids is 1. The van der Waals surface area contributed by atoms with E-state index in [2.05, 4.69) is 10.3 Å². The Labute approximate surface area is 176 Å². The topological polar surface area (TPSA) is 69.7 Å². The summed E-state index contributed by atoms with van der Waals surface area (Å²) >= 11 is 0. The molecule has 0 unspecified atom stereocenters. The lowest BCUT2D eigenvalue weighted by molar-refractivity contribution is 0.0635. The molecule has 0 spiro atoms. The van der Waals surface area contributed by atoms with Crippen LogP contribution in [0.2, 0.25) is 0 Å². The largest absolute Gasteiger partial charge is 0.485 e. The van der Waals surface area contributed by atoms with Crippen molar-refractivity contribution < 1.29 is 19.0 Å². The Bertz CT molecular complexity index is 954. The molecule has 3 rings (SSSR count). The number of amides is 1. The first-order chi connectivity index (χ1) is 14.4. The van der Waals surface area contributed by atoms with Gasteiger partial charge in [0.15, 0.2) is 11.5 Å². The molecule has 1 heterocycles. The zero-order valence-corrected chi connectivity index (χ0v) is 17.4. The van der Waals surface area contributed by atoms with Crippen molar-refractivity contribution in [3.05, 3.63) is 84.1 Å². The fourth-order valence-electron chi connectivity index (χ4n) is 2.59. The van der Waals surface area contributed by atoms with Gasteiger partial charge in [-0.05, 0) is 31.9 Å². The van der Waals surface area contributed by atoms with Crippen molar-refractivity contribution >= 4 is 11.9 Å². The number of carbonyl (C=O) groups is 1. The van der Waals surface area contributed by atoms with Gasteiger partial charge in [-0.1, -0.05) is 60.7 Å². The maximum absolute atomic E-state index is 12.1.